The molecule has 74 valence electrons. The van der Waals surface area contributed by atoms with Crippen molar-refractivity contribution < 1.29 is 8.42 Å². The summed E-state index contributed by atoms with van der Waals surface area (Å²) in [4.78, 5) is 0. The number of nitrogens with one attached hydrogen (secondary N) is 1. The van der Waals surface area contributed by atoms with Crippen LogP contribution in [-0.4, -0.2) is 32.5 Å². The van der Waals surface area contributed by atoms with E-state index in [-0.39, 0.29) is 10.5 Å². The minimum Gasteiger partial charge on any atom is -0.318 e. The van der Waals surface area contributed by atoms with Crippen LogP contribution < -0.4 is 5.32 Å². The smallest absolute Gasteiger partial charge is 0.156 e. The van der Waals surface area contributed by atoms with Crippen LogP contribution in [-0.2, 0) is 9.84 Å². The van der Waals surface area contributed by atoms with Gasteiger partial charge in [-0.15, -0.1) is 0 Å². The Morgan fingerprint density at radius 2 is 1.83 bits per heavy atom. The molecule has 1 N–H and O–H groups in total. The van der Waals surface area contributed by atoms with Crippen molar-refractivity contribution in [2.24, 2.45) is 0 Å². The van der Waals surface area contributed by atoms with E-state index in [1.54, 1.807) is 20.9 Å². The number of sulfone groups is 1. The minimum absolute atomic E-state index is 0.234. The molecule has 3 nitrogen and oxygen atoms in total. The van der Waals surface area contributed by atoms with Gasteiger partial charge in [0.05, 0.1) is 10.5 Å². The number of hydrogen-bond donors (Lipinski definition) is 1. The van der Waals surface area contributed by atoms with Gasteiger partial charge in [0.25, 0.3) is 0 Å². The van der Waals surface area contributed by atoms with E-state index in [1.807, 2.05) is 6.92 Å². The summed E-state index contributed by atoms with van der Waals surface area (Å²) in [6.07, 6.45) is 0.682. The zero-order valence-corrected chi connectivity index (χ0v) is 9.11. The molecule has 0 saturated heterocycles. The van der Waals surface area contributed by atoms with E-state index in [0.717, 1.165) is 0 Å². The molecule has 0 aliphatic carbocycles. The lowest BCUT2D eigenvalue weighted by molar-refractivity contribution is 0.559. The Morgan fingerprint density at radius 3 is 2.08 bits per heavy atom. The lowest BCUT2D eigenvalue weighted by Gasteiger charge is -2.17. The van der Waals surface area contributed by atoms with Crippen LogP contribution in [0, 0.1) is 0 Å². The first-order valence-corrected chi connectivity index (χ1v) is 5.95. The van der Waals surface area contributed by atoms with Gasteiger partial charge >= 0.3 is 0 Å². The molecule has 0 fully saturated rings. The van der Waals surface area contributed by atoms with Crippen LogP contribution in [0.3, 0.4) is 0 Å². The monoisotopic (exact) mass is 193 g/mol. The Balaban J connectivity index is 4.49. The summed E-state index contributed by atoms with van der Waals surface area (Å²) in [6.45, 7) is 5.92. The van der Waals surface area contributed by atoms with Gasteiger partial charge in [-0.05, 0) is 27.3 Å². The molecule has 0 rings (SSSR count). The van der Waals surface area contributed by atoms with Crippen LogP contribution >= 0.6 is 0 Å². The molecule has 0 spiro atoms. The predicted molar refractivity (Wildman–Crippen MR) is 52.1 cm³/mol. The highest BCUT2D eigenvalue weighted by atomic mass is 32.2. The maximum atomic E-state index is 11.6. The average Bonchev–Trinajstić information content (AvgIpc) is 1.99. The third kappa shape index (κ3) is 2.75. The van der Waals surface area contributed by atoms with Gasteiger partial charge in [0.1, 0.15) is 0 Å². The lowest BCUT2D eigenvalue weighted by Crippen LogP contribution is -2.35. The number of rotatable bonds is 5. The standard InChI is InChI=1S/C8H19NO2S/c1-5-8(6-9-4)12(10,11)7(2)3/h7-9H,5-6H2,1-4H3. The Morgan fingerprint density at radius 1 is 1.33 bits per heavy atom. The molecule has 4 heteroatoms. The highest BCUT2D eigenvalue weighted by Gasteiger charge is 2.25. The fraction of sp³-hybridized carbons (Fsp3) is 1.00. The van der Waals surface area contributed by atoms with E-state index >= 15 is 0 Å². The summed E-state index contributed by atoms with van der Waals surface area (Å²) < 4.78 is 23.2. The maximum Gasteiger partial charge on any atom is 0.156 e. The average molecular weight is 193 g/mol. The summed E-state index contributed by atoms with van der Waals surface area (Å²) in [5, 5.41) is 2.40. The molecule has 0 aromatic heterocycles. The quantitative estimate of drug-likeness (QED) is 0.703. The van der Waals surface area contributed by atoms with E-state index in [4.69, 9.17) is 0 Å². The van der Waals surface area contributed by atoms with E-state index in [1.165, 1.54) is 0 Å². The zero-order chi connectivity index (χ0) is 9.78. The molecule has 0 bridgehead atoms. The molecule has 0 aromatic carbocycles. The Labute approximate surface area is 75.5 Å². The van der Waals surface area contributed by atoms with Gasteiger partial charge in [0, 0.05) is 6.54 Å². The van der Waals surface area contributed by atoms with E-state index in [9.17, 15) is 8.42 Å². The topological polar surface area (TPSA) is 46.2 Å². The van der Waals surface area contributed by atoms with Crippen molar-refractivity contribution in [3.05, 3.63) is 0 Å². The molecule has 0 heterocycles. The van der Waals surface area contributed by atoms with Crippen molar-refractivity contribution in [3.63, 3.8) is 0 Å². The molecule has 0 saturated carbocycles. The summed E-state index contributed by atoms with van der Waals surface area (Å²) in [7, 11) is -1.14. The second kappa shape index (κ2) is 4.82. The van der Waals surface area contributed by atoms with Gasteiger partial charge in [0.2, 0.25) is 0 Å². The Kier molecular flexibility index (Phi) is 4.78. The van der Waals surface area contributed by atoms with E-state index in [2.05, 4.69) is 5.32 Å². The minimum atomic E-state index is -2.91. The SMILES string of the molecule is CCC(CNC)S(=O)(=O)C(C)C. The van der Waals surface area contributed by atoms with Crippen LogP contribution in [0.4, 0.5) is 0 Å². The van der Waals surface area contributed by atoms with Crippen molar-refractivity contribution in [2.45, 2.75) is 37.7 Å². The first kappa shape index (κ1) is 11.9. The maximum absolute atomic E-state index is 11.6. The van der Waals surface area contributed by atoms with Crippen molar-refractivity contribution in [1.29, 1.82) is 0 Å². The first-order chi connectivity index (χ1) is 5.46. The molecule has 0 aliphatic rings. The highest BCUT2D eigenvalue weighted by molar-refractivity contribution is 7.92. The van der Waals surface area contributed by atoms with Gasteiger partial charge in [-0.3, -0.25) is 0 Å². The summed E-state index contributed by atoms with van der Waals surface area (Å²) in [5.74, 6) is 0. The van der Waals surface area contributed by atoms with E-state index < -0.39 is 9.84 Å². The molecule has 0 amide bonds. The molecule has 0 radical (unpaired) electrons. The van der Waals surface area contributed by atoms with Crippen LogP contribution in [0.25, 0.3) is 0 Å². The lowest BCUT2D eigenvalue weighted by atomic mass is 10.3. The van der Waals surface area contributed by atoms with Gasteiger partial charge in [-0.1, -0.05) is 6.92 Å². The molecular formula is C8H19NO2S. The van der Waals surface area contributed by atoms with Crippen LogP contribution in [0.2, 0.25) is 0 Å². The second-order valence-corrected chi connectivity index (χ2v) is 6.01. The summed E-state index contributed by atoms with van der Waals surface area (Å²) >= 11 is 0. The van der Waals surface area contributed by atoms with Gasteiger partial charge in [-0.25, -0.2) is 8.42 Å². The third-order valence-electron chi connectivity index (χ3n) is 2.01. The molecule has 0 aliphatic heterocycles. The van der Waals surface area contributed by atoms with Crippen LogP contribution in [0.5, 0.6) is 0 Å². The predicted octanol–water partition coefficient (Wildman–Crippen LogP) is 0.808. The molecule has 0 aromatic rings. The highest BCUT2D eigenvalue weighted by Crippen LogP contribution is 2.11. The molecule has 12 heavy (non-hydrogen) atoms. The van der Waals surface area contributed by atoms with E-state index in [0.29, 0.717) is 13.0 Å². The van der Waals surface area contributed by atoms with Crippen molar-refractivity contribution in [3.8, 4) is 0 Å². The fourth-order valence-corrected chi connectivity index (χ4v) is 2.74. The first-order valence-electron chi connectivity index (χ1n) is 4.34. The van der Waals surface area contributed by atoms with Gasteiger partial charge < -0.3 is 5.32 Å². The van der Waals surface area contributed by atoms with Gasteiger partial charge in [-0.2, -0.15) is 0 Å². The van der Waals surface area contributed by atoms with Crippen LogP contribution in [0.15, 0.2) is 0 Å². The Hall–Kier alpha value is -0.0900. The number of hydrogen-bond acceptors (Lipinski definition) is 3. The largest absolute Gasteiger partial charge is 0.318 e. The van der Waals surface area contributed by atoms with Crippen molar-refractivity contribution in [2.75, 3.05) is 13.6 Å². The second-order valence-electron chi connectivity index (χ2n) is 3.23. The zero-order valence-electron chi connectivity index (χ0n) is 8.29. The van der Waals surface area contributed by atoms with Crippen LogP contribution in [0.1, 0.15) is 27.2 Å². The normalized spacial score (nSPS) is 15.1. The molecule has 1 unspecified atom stereocenters. The van der Waals surface area contributed by atoms with Crippen molar-refractivity contribution >= 4 is 9.84 Å². The summed E-state index contributed by atoms with van der Waals surface area (Å²) in [5.41, 5.74) is 0. The molecular weight excluding hydrogens is 174 g/mol. The molecule has 1 atom stereocenters. The van der Waals surface area contributed by atoms with Gasteiger partial charge in [0.15, 0.2) is 9.84 Å². The fourth-order valence-electron chi connectivity index (χ4n) is 1.11. The Bertz CT molecular complexity index is 209. The third-order valence-corrected chi connectivity index (χ3v) is 4.75. The van der Waals surface area contributed by atoms with Crippen molar-refractivity contribution in [1.82, 2.24) is 5.32 Å². The summed E-state index contributed by atoms with van der Waals surface area (Å²) in [6, 6.07) is 0.